The molecule has 4 N–H and O–H groups in total. The van der Waals surface area contributed by atoms with Crippen molar-refractivity contribution in [3.05, 3.63) is 0 Å². The Morgan fingerprint density at radius 1 is 1.46 bits per heavy atom. The average molecular weight is 213 g/mol. The van der Waals surface area contributed by atoms with Gasteiger partial charge in [0.25, 0.3) is 16.0 Å². The van der Waals surface area contributed by atoms with Gasteiger partial charge >= 0.3 is 0 Å². The Labute approximate surface area is 75.1 Å². The van der Waals surface area contributed by atoms with Gasteiger partial charge in [0.2, 0.25) is 0 Å². The number of carbonyl (C=O) groups is 1. The summed E-state index contributed by atoms with van der Waals surface area (Å²) in [7, 11) is -4.11. The van der Waals surface area contributed by atoms with E-state index >= 15 is 0 Å². The van der Waals surface area contributed by atoms with Crippen LogP contribution in [0.4, 0.5) is 0 Å². The van der Waals surface area contributed by atoms with E-state index in [0.29, 0.717) is 0 Å². The number of rotatable bonds is 5. The van der Waals surface area contributed by atoms with Crippen LogP contribution < -0.4 is 5.32 Å². The van der Waals surface area contributed by atoms with Crippen molar-refractivity contribution in [2.75, 3.05) is 18.9 Å². The highest BCUT2D eigenvalue weighted by atomic mass is 32.2. The first kappa shape index (κ1) is 12.3. The lowest BCUT2D eigenvalue weighted by molar-refractivity contribution is -0.131. The third-order valence-electron chi connectivity index (χ3n) is 1.13. The Morgan fingerprint density at radius 2 is 2.00 bits per heavy atom. The molecule has 0 saturated heterocycles. The van der Waals surface area contributed by atoms with Crippen molar-refractivity contribution in [3.8, 4) is 0 Å². The fourth-order valence-corrected chi connectivity index (χ4v) is 0.864. The van der Waals surface area contributed by atoms with Gasteiger partial charge in [-0.1, -0.05) is 0 Å². The van der Waals surface area contributed by atoms with Crippen molar-refractivity contribution in [2.45, 2.75) is 6.10 Å². The summed E-state index contributed by atoms with van der Waals surface area (Å²) in [5.74, 6) is -1.51. The Morgan fingerprint density at radius 3 is 2.38 bits per heavy atom. The summed E-state index contributed by atoms with van der Waals surface area (Å²) < 4.78 is 28.5. The third kappa shape index (κ3) is 6.46. The molecule has 78 valence electrons. The second-order valence-electron chi connectivity index (χ2n) is 2.28. The smallest absolute Gasteiger partial charge is 0.266 e. The van der Waals surface area contributed by atoms with Crippen LogP contribution in [0.1, 0.15) is 0 Å². The minimum Gasteiger partial charge on any atom is -0.393 e. The molecule has 0 radical (unpaired) electrons. The van der Waals surface area contributed by atoms with Crippen LogP contribution in [0.25, 0.3) is 0 Å². The van der Waals surface area contributed by atoms with Crippen molar-refractivity contribution in [1.82, 2.24) is 5.32 Å². The Kier molecular flexibility index (Phi) is 4.85. The van der Waals surface area contributed by atoms with Crippen molar-refractivity contribution >= 4 is 16.0 Å². The highest BCUT2D eigenvalue weighted by molar-refractivity contribution is 7.85. The number of carbonyl (C=O) groups excluding carboxylic acids is 1. The average Bonchev–Trinajstić information content (AvgIpc) is 2.00. The molecule has 0 bridgehead atoms. The van der Waals surface area contributed by atoms with Crippen molar-refractivity contribution in [2.24, 2.45) is 0 Å². The summed E-state index contributed by atoms with van der Waals surface area (Å²) in [6.45, 7) is -1.05. The van der Waals surface area contributed by atoms with Crippen molar-refractivity contribution < 1.29 is 28.0 Å². The van der Waals surface area contributed by atoms with Crippen LogP contribution in [-0.2, 0) is 14.9 Å². The summed E-state index contributed by atoms with van der Waals surface area (Å²) in [6, 6.07) is 0. The zero-order valence-corrected chi connectivity index (χ0v) is 7.49. The van der Waals surface area contributed by atoms with Crippen LogP contribution in [0, 0.1) is 0 Å². The molecule has 1 atom stereocenters. The molecule has 0 aliphatic rings. The molecule has 7 nitrogen and oxygen atoms in total. The van der Waals surface area contributed by atoms with Crippen molar-refractivity contribution in [3.63, 3.8) is 0 Å². The van der Waals surface area contributed by atoms with E-state index in [1.807, 2.05) is 5.32 Å². The predicted octanol–water partition coefficient (Wildman–Crippen LogP) is -2.66. The molecular formula is C5H11NO6S. The minimum absolute atomic E-state index is 0.311. The number of amides is 1. The van der Waals surface area contributed by atoms with Crippen LogP contribution in [0.3, 0.4) is 0 Å². The van der Waals surface area contributed by atoms with Crippen LogP contribution in [0.15, 0.2) is 0 Å². The number of aliphatic hydroxyl groups excluding tert-OH is 2. The zero-order valence-electron chi connectivity index (χ0n) is 6.67. The van der Waals surface area contributed by atoms with Gasteiger partial charge in [-0.2, -0.15) is 8.42 Å². The van der Waals surface area contributed by atoms with E-state index in [4.69, 9.17) is 14.8 Å². The number of hydrogen-bond donors (Lipinski definition) is 4. The first-order valence-corrected chi connectivity index (χ1v) is 4.99. The second-order valence-corrected chi connectivity index (χ2v) is 3.85. The summed E-state index contributed by atoms with van der Waals surface area (Å²) >= 11 is 0. The summed E-state index contributed by atoms with van der Waals surface area (Å²) in [4.78, 5) is 10.7. The van der Waals surface area contributed by atoms with Gasteiger partial charge < -0.3 is 15.5 Å². The number of aliphatic hydroxyl groups is 2. The molecule has 1 unspecified atom stereocenters. The van der Waals surface area contributed by atoms with Crippen molar-refractivity contribution in [1.29, 1.82) is 0 Å². The van der Waals surface area contributed by atoms with Crippen LogP contribution in [0.2, 0.25) is 0 Å². The lowest BCUT2D eigenvalue weighted by Crippen LogP contribution is -2.38. The molecular weight excluding hydrogens is 202 g/mol. The Hall–Kier alpha value is -0.700. The van der Waals surface area contributed by atoms with E-state index in [0.717, 1.165) is 0 Å². The molecule has 0 aromatic rings. The molecule has 0 rings (SSSR count). The highest BCUT2D eigenvalue weighted by Gasteiger charge is 2.13. The molecule has 0 heterocycles. The fourth-order valence-electron chi connectivity index (χ4n) is 0.504. The summed E-state index contributed by atoms with van der Waals surface area (Å²) in [5.41, 5.74) is 0. The van der Waals surface area contributed by atoms with Crippen LogP contribution in [-0.4, -0.2) is 54.1 Å². The third-order valence-corrected chi connectivity index (χ3v) is 1.85. The number of nitrogens with one attached hydrogen (secondary N) is 1. The van der Waals surface area contributed by atoms with Gasteiger partial charge in [0.15, 0.2) is 6.10 Å². The first-order chi connectivity index (χ1) is 5.87. The molecule has 0 aliphatic carbocycles. The molecule has 0 spiro atoms. The maximum Gasteiger partial charge on any atom is 0.266 e. The Balaban J connectivity index is 3.72. The maximum atomic E-state index is 10.7. The van der Waals surface area contributed by atoms with Gasteiger partial charge in [-0.25, -0.2) is 0 Å². The van der Waals surface area contributed by atoms with Gasteiger partial charge in [0, 0.05) is 6.54 Å². The maximum absolute atomic E-state index is 10.7. The predicted molar refractivity (Wildman–Crippen MR) is 42.5 cm³/mol. The van der Waals surface area contributed by atoms with E-state index in [9.17, 15) is 13.2 Å². The minimum atomic E-state index is -4.11. The molecule has 0 aliphatic heterocycles. The number of hydrogen-bond acceptors (Lipinski definition) is 5. The standard InChI is InChI=1S/C5H11NO6S/c7-3-4(8)5(9)6-1-2-13(10,11)12/h4,7-8H,1-3H2,(H,6,9)(H,10,11,12). The lowest BCUT2D eigenvalue weighted by atomic mass is 10.3. The van der Waals surface area contributed by atoms with Gasteiger partial charge in [-0.3, -0.25) is 9.35 Å². The van der Waals surface area contributed by atoms with E-state index < -0.39 is 34.5 Å². The molecule has 0 fully saturated rings. The van der Waals surface area contributed by atoms with Crippen LogP contribution >= 0.6 is 0 Å². The van der Waals surface area contributed by atoms with E-state index in [1.165, 1.54) is 0 Å². The molecule has 0 saturated carbocycles. The molecule has 13 heavy (non-hydrogen) atoms. The quantitative estimate of drug-likeness (QED) is 0.370. The topological polar surface area (TPSA) is 124 Å². The van der Waals surface area contributed by atoms with Gasteiger partial charge in [-0.05, 0) is 0 Å². The lowest BCUT2D eigenvalue weighted by Gasteiger charge is -2.07. The fraction of sp³-hybridized carbons (Fsp3) is 0.800. The van der Waals surface area contributed by atoms with E-state index in [-0.39, 0.29) is 6.54 Å². The molecule has 8 heteroatoms. The zero-order chi connectivity index (χ0) is 10.5. The van der Waals surface area contributed by atoms with Gasteiger partial charge in [-0.15, -0.1) is 0 Å². The SMILES string of the molecule is O=C(NCCS(=O)(=O)O)C(O)CO. The normalized spacial score (nSPS) is 13.8. The largest absolute Gasteiger partial charge is 0.393 e. The molecule has 0 aromatic heterocycles. The van der Waals surface area contributed by atoms with E-state index in [1.54, 1.807) is 0 Å². The summed E-state index contributed by atoms with van der Waals surface area (Å²) in [5, 5.41) is 19.0. The van der Waals surface area contributed by atoms with Crippen LogP contribution in [0.5, 0.6) is 0 Å². The van der Waals surface area contributed by atoms with E-state index in [2.05, 4.69) is 0 Å². The van der Waals surface area contributed by atoms with Gasteiger partial charge in [0.1, 0.15) is 0 Å². The Bertz CT molecular complexity index is 260. The first-order valence-electron chi connectivity index (χ1n) is 3.38. The molecule has 0 aromatic carbocycles. The monoisotopic (exact) mass is 213 g/mol. The highest BCUT2D eigenvalue weighted by Crippen LogP contribution is 1.82. The molecule has 1 amide bonds. The second kappa shape index (κ2) is 5.12. The summed E-state index contributed by atoms with van der Waals surface area (Å²) in [6.07, 6.45) is -1.57. The van der Waals surface area contributed by atoms with Gasteiger partial charge in [0.05, 0.1) is 12.4 Å².